The topological polar surface area (TPSA) is 105 Å². The number of carbonyl (C=O) groups is 2. The summed E-state index contributed by atoms with van der Waals surface area (Å²) in [5, 5.41) is 2.92. The van der Waals surface area contributed by atoms with Crippen LogP contribution in [0, 0.1) is 13.8 Å². The van der Waals surface area contributed by atoms with Crippen molar-refractivity contribution in [3.8, 4) is 0 Å². The molecular formula is C27H33N3O5S2. The average Bonchev–Trinajstić information content (AvgIpc) is 3.22. The number of hydrogen-bond donors (Lipinski definition) is 1. The Morgan fingerprint density at radius 3 is 2.38 bits per heavy atom. The van der Waals surface area contributed by atoms with E-state index in [-0.39, 0.29) is 29.2 Å². The number of aliphatic imine (C=N–C) groups is 1. The van der Waals surface area contributed by atoms with Crippen LogP contribution in [0.1, 0.15) is 37.5 Å². The van der Waals surface area contributed by atoms with Crippen LogP contribution in [0.2, 0.25) is 0 Å². The van der Waals surface area contributed by atoms with Gasteiger partial charge in [0.2, 0.25) is 0 Å². The van der Waals surface area contributed by atoms with E-state index in [1.165, 1.54) is 11.8 Å². The third-order valence-corrected chi connectivity index (χ3v) is 9.24. The first-order valence-corrected chi connectivity index (χ1v) is 14.9. The van der Waals surface area contributed by atoms with Crippen molar-refractivity contribution < 1.29 is 22.7 Å². The highest BCUT2D eigenvalue weighted by Crippen LogP contribution is 2.41. The van der Waals surface area contributed by atoms with Gasteiger partial charge in [0.25, 0.3) is 5.91 Å². The average molecular weight is 544 g/mol. The summed E-state index contributed by atoms with van der Waals surface area (Å²) < 4.78 is 30.2. The Labute approximate surface area is 222 Å². The largest absolute Gasteiger partial charge is 0.444 e. The van der Waals surface area contributed by atoms with E-state index < -0.39 is 33.5 Å². The molecule has 2 aliphatic rings. The number of aryl methyl sites for hydroxylation is 2. The Bertz CT molecular complexity index is 1300. The molecule has 2 heterocycles. The molecule has 0 bridgehead atoms. The molecule has 2 saturated heterocycles. The predicted molar refractivity (Wildman–Crippen MR) is 148 cm³/mol. The number of anilines is 1. The van der Waals surface area contributed by atoms with Gasteiger partial charge in [-0.1, -0.05) is 48.2 Å². The lowest BCUT2D eigenvalue weighted by Crippen LogP contribution is -2.45. The normalized spacial score (nSPS) is 22.5. The second kappa shape index (κ2) is 10.5. The lowest BCUT2D eigenvalue weighted by Gasteiger charge is -2.26. The van der Waals surface area contributed by atoms with Crippen molar-refractivity contribution in [1.82, 2.24) is 5.32 Å². The quantitative estimate of drug-likeness (QED) is 0.607. The maximum atomic E-state index is 13.5. The SMILES string of the molecule is Cc1cc(C)cc(N2C(=NC(=O)[C@H](Cc3ccccc3)NC(=O)OC(C)(C)C)S[C@H]3CS(=O)(=O)C[C@H]32)c1. The van der Waals surface area contributed by atoms with Crippen LogP contribution in [0.25, 0.3) is 0 Å². The van der Waals surface area contributed by atoms with Crippen molar-refractivity contribution in [1.29, 1.82) is 0 Å². The van der Waals surface area contributed by atoms with Gasteiger partial charge in [0, 0.05) is 17.4 Å². The van der Waals surface area contributed by atoms with Crippen molar-refractivity contribution in [3.63, 3.8) is 0 Å². The van der Waals surface area contributed by atoms with Gasteiger partial charge in [-0.15, -0.1) is 0 Å². The molecule has 10 heteroatoms. The van der Waals surface area contributed by atoms with Crippen molar-refractivity contribution in [3.05, 3.63) is 65.2 Å². The Balaban J connectivity index is 1.67. The molecule has 1 N–H and O–H groups in total. The minimum Gasteiger partial charge on any atom is -0.444 e. The van der Waals surface area contributed by atoms with Gasteiger partial charge in [0.15, 0.2) is 15.0 Å². The number of alkyl carbamates (subject to hydrolysis) is 1. The summed E-state index contributed by atoms with van der Waals surface area (Å²) in [4.78, 5) is 32.5. The number of nitrogens with zero attached hydrogens (tertiary/aromatic N) is 2. The number of hydrogen-bond acceptors (Lipinski definition) is 6. The summed E-state index contributed by atoms with van der Waals surface area (Å²) >= 11 is 1.31. The number of benzene rings is 2. The number of amidine groups is 1. The number of carbonyl (C=O) groups excluding carboxylic acids is 2. The molecule has 2 aliphatic heterocycles. The zero-order chi connectivity index (χ0) is 27.0. The molecule has 198 valence electrons. The van der Waals surface area contributed by atoms with E-state index in [4.69, 9.17) is 4.74 Å². The third-order valence-electron chi connectivity index (χ3n) is 6.03. The highest BCUT2D eigenvalue weighted by molar-refractivity contribution is 8.16. The zero-order valence-corrected chi connectivity index (χ0v) is 23.4. The maximum Gasteiger partial charge on any atom is 0.408 e. The Morgan fingerprint density at radius 2 is 1.76 bits per heavy atom. The van der Waals surface area contributed by atoms with Crippen LogP contribution in [0.4, 0.5) is 10.5 Å². The molecule has 37 heavy (non-hydrogen) atoms. The van der Waals surface area contributed by atoms with Crippen LogP contribution < -0.4 is 10.2 Å². The van der Waals surface area contributed by atoms with Crippen LogP contribution >= 0.6 is 11.8 Å². The van der Waals surface area contributed by atoms with Crippen molar-refractivity contribution in [2.24, 2.45) is 4.99 Å². The van der Waals surface area contributed by atoms with E-state index in [2.05, 4.69) is 10.3 Å². The zero-order valence-electron chi connectivity index (χ0n) is 21.7. The summed E-state index contributed by atoms with van der Waals surface area (Å²) in [6.45, 7) is 9.22. The minimum absolute atomic E-state index is 0.00840. The second-order valence-electron chi connectivity index (χ2n) is 10.6. The predicted octanol–water partition coefficient (Wildman–Crippen LogP) is 4.04. The summed E-state index contributed by atoms with van der Waals surface area (Å²) in [6.07, 6.45) is -0.458. The molecule has 0 spiro atoms. The fourth-order valence-corrected chi connectivity index (χ4v) is 8.55. The monoisotopic (exact) mass is 543 g/mol. The molecular weight excluding hydrogens is 510 g/mol. The molecule has 0 aromatic heterocycles. The molecule has 4 rings (SSSR count). The first-order chi connectivity index (χ1) is 17.3. The van der Waals surface area contributed by atoms with Gasteiger partial charge in [0.05, 0.1) is 17.5 Å². The fraction of sp³-hybridized carbons (Fsp3) is 0.444. The number of nitrogens with one attached hydrogen (secondary N) is 1. The molecule has 2 fully saturated rings. The summed E-state index contributed by atoms with van der Waals surface area (Å²) in [5.41, 5.74) is 3.01. The van der Waals surface area contributed by atoms with E-state index in [1.807, 2.05) is 67.3 Å². The van der Waals surface area contributed by atoms with E-state index in [1.54, 1.807) is 20.8 Å². The summed E-state index contributed by atoms with van der Waals surface area (Å²) in [6, 6.07) is 14.1. The van der Waals surface area contributed by atoms with E-state index >= 15 is 0 Å². The fourth-order valence-electron chi connectivity index (χ4n) is 4.63. The van der Waals surface area contributed by atoms with E-state index in [0.29, 0.717) is 5.17 Å². The van der Waals surface area contributed by atoms with Gasteiger partial charge in [-0.2, -0.15) is 4.99 Å². The first kappa shape index (κ1) is 27.2. The molecule has 0 aliphatic carbocycles. The standard InChI is InChI=1S/C27H33N3O5S2/c1-17-11-18(2)13-20(12-17)30-22-15-37(33,34)16-23(22)36-25(30)29-24(31)21(14-19-9-7-6-8-10-19)28-26(32)35-27(3,4)5/h6-13,21-23H,14-16H2,1-5H3,(H,28,32)/t21-,22+,23-/m0/s1. The Kier molecular flexibility index (Phi) is 7.71. The number of ether oxygens (including phenoxy) is 1. The van der Waals surface area contributed by atoms with E-state index in [0.717, 1.165) is 22.4 Å². The van der Waals surface area contributed by atoms with Crippen LogP contribution in [0.5, 0.6) is 0 Å². The number of rotatable bonds is 5. The Morgan fingerprint density at radius 1 is 1.11 bits per heavy atom. The van der Waals surface area contributed by atoms with Crippen molar-refractivity contribution >= 4 is 44.5 Å². The van der Waals surface area contributed by atoms with Crippen LogP contribution in [-0.2, 0) is 25.8 Å². The third kappa shape index (κ3) is 6.93. The molecule has 2 aromatic rings. The van der Waals surface area contributed by atoms with Gasteiger partial charge >= 0.3 is 6.09 Å². The first-order valence-electron chi connectivity index (χ1n) is 12.2. The minimum atomic E-state index is -3.18. The van der Waals surface area contributed by atoms with Gasteiger partial charge < -0.3 is 15.0 Å². The number of amides is 2. The smallest absolute Gasteiger partial charge is 0.408 e. The Hall–Kier alpha value is -2.85. The van der Waals surface area contributed by atoms with Gasteiger partial charge in [0.1, 0.15) is 11.6 Å². The van der Waals surface area contributed by atoms with Crippen molar-refractivity contribution in [2.75, 3.05) is 16.4 Å². The van der Waals surface area contributed by atoms with Gasteiger partial charge in [-0.05, 0) is 63.4 Å². The van der Waals surface area contributed by atoms with Crippen LogP contribution in [0.3, 0.4) is 0 Å². The number of sulfone groups is 1. The summed E-state index contributed by atoms with van der Waals surface area (Å²) in [5.74, 6) is -0.469. The number of fused-ring (bicyclic) bond motifs is 1. The van der Waals surface area contributed by atoms with Crippen LogP contribution in [0.15, 0.2) is 53.5 Å². The summed E-state index contributed by atoms with van der Waals surface area (Å²) in [7, 11) is -3.18. The number of thioether (sulfide) groups is 1. The molecule has 2 amide bonds. The highest BCUT2D eigenvalue weighted by Gasteiger charge is 2.49. The van der Waals surface area contributed by atoms with Crippen molar-refractivity contribution in [2.45, 2.75) is 64.0 Å². The maximum absolute atomic E-state index is 13.5. The molecule has 3 atom stereocenters. The van der Waals surface area contributed by atoms with Crippen LogP contribution in [-0.4, -0.2) is 60.0 Å². The lowest BCUT2D eigenvalue weighted by atomic mass is 10.1. The second-order valence-corrected chi connectivity index (χ2v) is 14.0. The lowest BCUT2D eigenvalue weighted by molar-refractivity contribution is -0.119. The highest BCUT2D eigenvalue weighted by atomic mass is 32.2. The van der Waals surface area contributed by atoms with Gasteiger partial charge in [-0.25, -0.2) is 13.2 Å². The van der Waals surface area contributed by atoms with E-state index in [9.17, 15) is 18.0 Å². The van der Waals surface area contributed by atoms with Gasteiger partial charge in [-0.3, -0.25) is 4.79 Å². The molecule has 2 aromatic carbocycles. The molecule has 0 unspecified atom stereocenters. The molecule has 0 saturated carbocycles. The molecule has 0 radical (unpaired) electrons. The molecule has 8 nitrogen and oxygen atoms in total.